The van der Waals surface area contributed by atoms with Gasteiger partial charge in [0.1, 0.15) is 5.82 Å². The minimum Gasteiger partial charge on any atom is -0.312 e. The van der Waals surface area contributed by atoms with Crippen molar-refractivity contribution < 1.29 is 4.39 Å². The van der Waals surface area contributed by atoms with Crippen LogP contribution in [0.2, 0.25) is 5.02 Å². The van der Waals surface area contributed by atoms with E-state index >= 15 is 0 Å². The minimum absolute atomic E-state index is 0.0160. The van der Waals surface area contributed by atoms with E-state index in [-0.39, 0.29) is 17.4 Å². The van der Waals surface area contributed by atoms with Gasteiger partial charge in [0.25, 0.3) is 0 Å². The quantitative estimate of drug-likeness (QED) is 0.776. The van der Waals surface area contributed by atoms with Gasteiger partial charge in [0.05, 0.1) is 0 Å². The van der Waals surface area contributed by atoms with Crippen molar-refractivity contribution in [3.8, 4) is 0 Å². The maximum absolute atomic E-state index is 14.1. The fourth-order valence-corrected chi connectivity index (χ4v) is 3.45. The second-order valence-electron chi connectivity index (χ2n) is 5.76. The highest BCUT2D eigenvalue weighted by Crippen LogP contribution is 2.29. The lowest BCUT2D eigenvalue weighted by molar-refractivity contribution is 0.0885. The normalized spacial score (nSPS) is 13.7. The molecule has 0 saturated heterocycles. The molecule has 1 N–H and O–H groups in total. The Morgan fingerprint density at radius 2 is 1.86 bits per heavy atom. The zero-order valence-corrected chi connectivity index (χ0v) is 14.6. The van der Waals surface area contributed by atoms with E-state index in [2.05, 4.69) is 45.1 Å². The third-order valence-corrected chi connectivity index (χ3v) is 4.89. The summed E-state index contributed by atoms with van der Waals surface area (Å²) >= 11 is 5.85. The molecule has 0 aliphatic rings. The Balaban J connectivity index is 3.10. The van der Waals surface area contributed by atoms with E-state index in [0.717, 1.165) is 24.9 Å². The highest BCUT2D eigenvalue weighted by Gasteiger charge is 2.37. The average molecular weight is 315 g/mol. The molecule has 0 fully saturated rings. The Hall–Kier alpha value is -0.640. The molecule has 0 aliphatic carbocycles. The van der Waals surface area contributed by atoms with E-state index in [1.54, 1.807) is 12.1 Å². The van der Waals surface area contributed by atoms with Crippen molar-refractivity contribution in [1.82, 2.24) is 10.2 Å². The Bertz CT molecular complexity index is 444. The van der Waals surface area contributed by atoms with E-state index in [1.165, 1.54) is 6.07 Å². The fourth-order valence-electron chi connectivity index (χ4n) is 3.29. The Kier molecular flexibility index (Phi) is 7.11. The summed E-state index contributed by atoms with van der Waals surface area (Å²) in [7, 11) is 4.21. The van der Waals surface area contributed by atoms with Crippen molar-refractivity contribution in [3.05, 3.63) is 34.6 Å². The number of hydrogen-bond acceptors (Lipinski definition) is 2. The molecule has 1 rings (SSSR count). The van der Waals surface area contributed by atoms with Crippen LogP contribution in [0.15, 0.2) is 18.2 Å². The van der Waals surface area contributed by atoms with Gasteiger partial charge in [-0.1, -0.05) is 38.4 Å². The molecule has 0 saturated carbocycles. The van der Waals surface area contributed by atoms with Crippen LogP contribution >= 0.6 is 11.6 Å². The summed E-state index contributed by atoms with van der Waals surface area (Å²) in [6, 6.07) is 5.16. The molecule has 0 heterocycles. The predicted molar refractivity (Wildman–Crippen MR) is 89.6 cm³/mol. The predicted octanol–water partition coefficient (Wildman–Crippen LogP) is 4.12. The first-order chi connectivity index (χ1) is 9.91. The van der Waals surface area contributed by atoms with Crippen LogP contribution in [-0.4, -0.2) is 37.1 Å². The van der Waals surface area contributed by atoms with Gasteiger partial charge in [-0.05, 0) is 57.6 Å². The molecular formula is C17H28ClFN2. The van der Waals surface area contributed by atoms with Crippen LogP contribution in [0.1, 0.15) is 39.2 Å². The van der Waals surface area contributed by atoms with Gasteiger partial charge in [-0.3, -0.25) is 0 Å². The first-order valence-electron chi connectivity index (χ1n) is 7.76. The largest absolute Gasteiger partial charge is 0.312 e. The van der Waals surface area contributed by atoms with Crippen molar-refractivity contribution in [3.63, 3.8) is 0 Å². The topological polar surface area (TPSA) is 15.3 Å². The second kappa shape index (κ2) is 8.11. The van der Waals surface area contributed by atoms with Gasteiger partial charge in [0.15, 0.2) is 0 Å². The average Bonchev–Trinajstić information content (AvgIpc) is 2.43. The van der Waals surface area contributed by atoms with Crippen LogP contribution in [0.3, 0.4) is 0 Å². The van der Waals surface area contributed by atoms with Crippen LogP contribution in [0.5, 0.6) is 0 Å². The Morgan fingerprint density at radius 1 is 1.24 bits per heavy atom. The molecule has 0 aliphatic heterocycles. The monoisotopic (exact) mass is 314 g/mol. The van der Waals surface area contributed by atoms with Gasteiger partial charge in [-0.25, -0.2) is 4.39 Å². The maximum atomic E-state index is 14.1. The Morgan fingerprint density at radius 3 is 2.29 bits per heavy atom. The lowest BCUT2D eigenvalue weighted by atomic mass is 9.80. The summed E-state index contributed by atoms with van der Waals surface area (Å²) in [6.45, 7) is 7.37. The third-order valence-electron chi connectivity index (χ3n) is 4.65. The summed E-state index contributed by atoms with van der Waals surface area (Å²) in [6.07, 6.45) is 2.70. The highest BCUT2D eigenvalue weighted by atomic mass is 35.5. The van der Waals surface area contributed by atoms with E-state index in [9.17, 15) is 4.39 Å². The molecule has 0 amide bonds. The number of halogens is 2. The van der Waals surface area contributed by atoms with Crippen LogP contribution in [0.4, 0.5) is 4.39 Å². The lowest BCUT2D eigenvalue weighted by Gasteiger charge is -2.45. The molecule has 1 atom stereocenters. The van der Waals surface area contributed by atoms with Crippen molar-refractivity contribution in [2.24, 2.45) is 0 Å². The summed E-state index contributed by atoms with van der Waals surface area (Å²) in [5, 5.41) is 4.00. The van der Waals surface area contributed by atoms with E-state index in [0.29, 0.717) is 11.4 Å². The molecule has 4 heteroatoms. The van der Waals surface area contributed by atoms with Gasteiger partial charge >= 0.3 is 0 Å². The van der Waals surface area contributed by atoms with Crippen molar-refractivity contribution in [1.29, 1.82) is 0 Å². The second-order valence-corrected chi connectivity index (χ2v) is 6.19. The molecule has 0 spiro atoms. The van der Waals surface area contributed by atoms with Gasteiger partial charge in [-0.15, -0.1) is 0 Å². The summed E-state index contributed by atoms with van der Waals surface area (Å²) in [5.74, 6) is -0.217. The van der Waals surface area contributed by atoms with Gasteiger partial charge in [-0.2, -0.15) is 0 Å². The SMILES string of the molecule is CCNC(Cc1ccc(Cl)cc1F)C(CC)(CC)N(C)C. The molecule has 0 bridgehead atoms. The zero-order valence-electron chi connectivity index (χ0n) is 13.8. The third kappa shape index (κ3) is 4.18. The molecular weight excluding hydrogens is 287 g/mol. The number of likely N-dealkylation sites (N-methyl/N-ethyl adjacent to an activating group) is 2. The first kappa shape index (κ1) is 18.4. The minimum atomic E-state index is -0.217. The van der Waals surface area contributed by atoms with Gasteiger partial charge < -0.3 is 10.2 Å². The number of nitrogens with zero attached hydrogens (tertiary/aromatic N) is 1. The van der Waals surface area contributed by atoms with E-state index < -0.39 is 0 Å². The molecule has 1 aromatic rings. The first-order valence-corrected chi connectivity index (χ1v) is 8.13. The van der Waals surface area contributed by atoms with Crippen molar-refractivity contribution in [2.75, 3.05) is 20.6 Å². The van der Waals surface area contributed by atoms with Crippen LogP contribution < -0.4 is 5.32 Å². The molecule has 0 aromatic heterocycles. The van der Waals surface area contributed by atoms with Crippen molar-refractivity contribution in [2.45, 2.75) is 51.6 Å². The lowest BCUT2D eigenvalue weighted by Crippen LogP contribution is -2.59. The molecule has 21 heavy (non-hydrogen) atoms. The smallest absolute Gasteiger partial charge is 0.127 e. The molecule has 1 aromatic carbocycles. The highest BCUT2D eigenvalue weighted by molar-refractivity contribution is 6.30. The molecule has 120 valence electrons. The van der Waals surface area contributed by atoms with Crippen LogP contribution in [0, 0.1) is 5.82 Å². The van der Waals surface area contributed by atoms with Crippen LogP contribution in [-0.2, 0) is 6.42 Å². The molecule has 1 unspecified atom stereocenters. The number of nitrogens with one attached hydrogen (secondary N) is 1. The van der Waals surface area contributed by atoms with E-state index in [1.807, 2.05) is 0 Å². The molecule has 2 nitrogen and oxygen atoms in total. The zero-order chi connectivity index (χ0) is 16.0. The van der Waals surface area contributed by atoms with Gasteiger partial charge in [0, 0.05) is 16.6 Å². The van der Waals surface area contributed by atoms with Gasteiger partial charge in [0.2, 0.25) is 0 Å². The number of benzene rings is 1. The number of hydrogen-bond donors (Lipinski definition) is 1. The van der Waals surface area contributed by atoms with E-state index in [4.69, 9.17) is 11.6 Å². The van der Waals surface area contributed by atoms with Crippen molar-refractivity contribution >= 4 is 11.6 Å². The van der Waals surface area contributed by atoms with Crippen LogP contribution in [0.25, 0.3) is 0 Å². The fraction of sp³-hybridized carbons (Fsp3) is 0.647. The Labute approximate surface area is 133 Å². The standard InChI is InChI=1S/C17H28ClFN2/c1-6-17(7-2,21(4)5)16(20-8-3)11-13-9-10-14(18)12-15(13)19/h9-10,12,16,20H,6-8,11H2,1-5H3. The summed E-state index contributed by atoms with van der Waals surface area (Å²) in [5.41, 5.74) is 0.737. The number of rotatable bonds is 8. The summed E-state index contributed by atoms with van der Waals surface area (Å²) in [4.78, 5) is 2.27. The summed E-state index contributed by atoms with van der Waals surface area (Å²) < 4.78 is 14.1. The maximum Gasteiger partial charge on any atom is 0.127 e. The molecule has 0 radical (unpaired) electrons.